The number of nitrogens with zero attached hydrogens (tertiary/aromatic N) is 2. The minimum atomic E-state index is -0.199. The molecule has 128 valence electrons. The maximum atomic E-state index is 12.0. The van der Waals surface area contributed by atoms with Crippen molar-refractivity contribution < 1.29 is 9.53 Å². The van der Waals surface area contributed by atoms with E-state index in [9.17, 15) is 4.79 Å². The van der Waals surface area contributed by atoms with Gasteiger partial charge in [-0.3, -0.25) is 9.36 Å². The predicted molar refractivity (Wildman–Crippen MR) is 102 cm³/mol. The van der Waals surface area contributed by atoms with Gasteiger partial charge in [-0.15, -0.1) is 0 Å². The molecule has 0 saturated carbocycles. The molecule has 3 aromatic carbocycles. The zero-order valence-corrected chi connectivity index (χ0v) is 14.0. The molecule has 0 unspecified atom stereocenters. The molecule has 0 aliphatic heterocycles. The van der Waals surface area contributed by atoms with E-state index in [1.54, 1.807) is 6.33 Å². The average molecular weight is 343 g/mol. The fourth-order valence-corrected chi connectivity index (χ4v) is 2.73. The molecule has 1 amide bonds. The van der Waals surface area contributed by atoms with E-state index < -0.39 is 0 Å². The standard InChI is InChI=1S/C21H17N3O2/c25-21(14-26-18-6-2-1-3-7-18)23-16-10-12-17(13-11-16)24-15-22-19-8-4-5-9-20(19)24/h1-13,15H,14H2,(H,23,25). The third kappa shape index (κ3) is 3.42. The highest BCUT2D eigenvalue weighted by Crippen LogP contribution is 2.19. The molecular weight excluding hydrogens is 326 g/mol. The lowest BCUT2D eigenvalue weighted by atomic mass is 10.2. The summed E-state index contributed by atoms with van der Waals surface area (Å²) in [5.74, 6) is 0.472. The zero-order valence-electron chi connectivity index (χ0n) is 14.0. The van der Waals surface area contributed by atoms with Crippen LogP contribution in [0.5, 0.6) is 5.75 Å². The molecule has 4 aromatic rings. The van der Waals surface area contributed by atoms with E-state index in [4.69, 9.17) is 4.74 Å². The second kappa shape index (κ2) is 7.11. The minimum absolute atomic E-state index is 0.0298. The van der Waals surface area contributed by atoms with Crippen LogP contribution in [0, 0.1) is 0 Å². The van der Waals surface area contributed by atoms with Gasteiger partial charge in [0.1, 0.15) is 12.1 Å². The molecule has 4 rings (SSSR count). The molecule has 1 aromatic heterocycles. The number of carbonyl (C=O) groups excluding carboxylic acids is 1. The third-order valence-corrected chi connectivity index (χ3v) is 4.00. The van der Waals surface area contributed by atoms with Gasteiger partial charge < -0.3 is 10.1 Å². The van der Waals surface area contributed by atoms with Crippen molar-refractivity contribution in [3.63, 3.8) is 0 Å². The van der Waals surface area contributed by atoms with E-state index in [0.29, 0.717) is 5.75 Å². The summed E-state index contributed by atoms with van der Waals surface area (Å²) in [5, 5.41) is 2.83. The Labute approximate surface area is 150 Å². The van der Waals surface area contributed by atoms with Crippen LogP contribution in [0.15, 0.2) is 85.2 Å². The lowest BCUT2D eigenvalue weighted by Gasteiger charge is -2.09. The molecule has 0 spiro atoms. The minimum Gasteiger partial charge on any atom is -0.484 e. The van der Waals surface area contributed by atoms with Gasteiger partial charge in [0.2, 0.25) is 0 Å². The van der Waals surface area contributed by atoms with Crippen molar-refractivity contribution in [2.75, 3.05) is 11.9 Å². The molecular formula is C21H17N3O2. The number of ether oxygens (including phenoxy) is 1. The number of imidazole rings is 1. The lowest BCUT2D eigenvalue weighted by molar-refractivity contribution is -0.118. The molecule has 26 heavy (non-hydrogen) atoms. The Hall–Kier alpha value is -3.60. The first-order valence-corrected chi connectivity index (χ1v) is 8.30. The number of carbonyl (C=O) groups is 1. The van der Waals surface area contributed by atoms with Crippen LogP contribution in [0.1, 0.15) is 0 Å². The Balaban J connectivity index is 1.42. The Bertz CT molecular complexity index is 1020. The molecule has 0 atom stereocenters. The summed E-state index contributed by atoms with van der Waals surface area (Å²) in [6.07, 6.45) is 1.80. The number of hydrogen-bond acceptors (Lipinski definition) is 3. The highest BCUT2D eigenvalue weighted by molar-refractivity contribution is 5.92. The van der Waals surface area contributed by atoms with E-state index in [2.05, 4.69) is 10.3 Å². The zero-order chi connectivity index (χ0) is 17.8. The number of nitrogens with one attached hydrogen (secondary N) is 1. The monoisotopic (exact) mass is 343 g/mol. The van der Waals surface area contributed by atoms with Crippen molar-refractivity contribution in [1.82, 2.24) is 9.55 Å². The average Bonchev–Trinajstić information content (AvgIpc) is 3.12. The summed E-state index contributed by atoms with van der Waals surface area (Å²) in [7, 11) is 0. The van der Waals surface area contributed by atoms with Crippen molar-refractivity contribution in [2.45, 2.75) is 0 Å². The summed E-state index contributed by atoms with van der Waals surface area (Å²) in [6.45, 7) is -0.0298. The Morgan fingerprint density at radius 1 is 0.923 bits per heavy atom. The summed E-state index contributed by atoms with van der Waals surface area (Å²) in [6, 6.07) is 24.9. The highest BCUT2D eigenvalue weighted by atomic mass is 16.5. The topological polar surface area (TPSA) is 56.1 Å². The largest absolute Gasteiger partial charge is 0.484 e. The molecule has 1 heterocycles. The van der Waals surface area contributed by atoms with Crippen LogP contribution in [-0.4, -0.2) is 22.1 Å². The Morgan fingerprint density at radius 2 is 1.65 bits per heavy atom. The lowest BCUT2D eigenvalue weighted by Crippen LogP contribution is -2.20. The SMILES string of the molecule is O=C(COc1ccccc1)Nc1ccc(-n2cnc3ccccc32)cc1. The van der Waals surface area contributed by atoms with Crippen LogP contribution in [0.3, 0.4) is 0 Å². The summed E-state index contributed by atoms with van der Waals surface area (Å²) >= 11 is 0. The van der Waals surface area contributed by atoms with Crippen LogP contribution in [0.25, 0.3) is 16.7 Å². The molecule has 0 fully saturated rings. The number of anilines is 1. The molecule has 0 saturated heterocycles. The number of rotatable bonds is 5. The van der Waals surface area contributed by atoms with E-state index in [1.165, 1.54) is 0 Å². The maximum absolute atomic E-state index is 12.0. The van der Waals surface area contributed by atoms with Gasteiger partial charge in [-0.1, -0.05) is 30.3 Å². The molecule has 0 aliphatic carbocycles. The smallest absolute Gasteiger partial charge is 0.262 e. The second-order valence-electron chi connectivity index (χ2n) is 5.80. The van der Waals surface area contributed by atoms with Gasteiger partial charge in [0.05, 0.1) is 11.0 Å². The molecule has 0 aliphatic rings. The van der Waals surface area contributed by atoms with Crippen LogP contribution >= 0.6 is 0 Å². The number of para-hydroxylation sites is 3. The molecule has 5 heteroatoms. The number of aromatic nitrogens is 2. The van der Waals surface area contributed by atoms with E-state index >= 15 is 0 Å². The van der Waals surface area contributed by atoms with Crippen LogP contribution < -0.4 is 10.1 Å². The van der Waals surface area contributed by atoms with E-state index in [0.717, 1.165) is 22.4 Å². The fourth-order valence-electron chi connectivity index (χ4n) is 2.73. The summed E-state index contributed by atoms with van der Waals surface area (Å²) in [5.41, 5.74) is 3.69. The van der Waals surface area contributed by atoms with Crippen molar-refractivity contribution in [2.24, 2.45) is 0 Å². The number of hydrogen-bond donors (Lipinski definition) is 1. The van der Waals surface area contributed by atoms with E-state index in [1.807, 2.05) is 83.4 Å². The first-order valence-electron chi connectivity index (χ1n) is 8.30. The quantitative estimate of drug-likeness (QED) is 0.595. The molecule has 0 radical (unpaired) electrons. The van der Waals surface area contributed by atoms with Gasteiger partial charge in [0, 0.05) is 11.4 Å². The fraction of sp³-hybridized carbons (Fsp3) is 0.0476. The van der Waals surface area contributed by atoms with Gasteiger partial charge in [0.15, 0.2) is 6.61 Å². The first-order chi connectivity index (χ1) is 12.8. The summed E-state index contributed by atoms with van der Waals surface area (Å²) < 4.78 is 7.46. The highest BCUT2D eigenvalue weighted by Gasteiger charge is 2.06. The normalized spacial score (nSPS) is 10.6. The van der Waals surface area contributed by atoms with E-state index in [-0.39, 0.29) is 12.5 Å². The first kappa shape index (κ1) is 15.9. The number of benzene rings is 3. The van der Waals surface area contributed by atoms with Gasteiger partial charge in [0.25, 0.3) is 5.91 Å². The van der Waals surface area contributed by atoms with Gasteiger partial charge in [-0.2, -0.15) is 0 Å². The Morgan fingerprint density at radius 3 is 2.46 bits per heavy atom. The van der Waals surface area contributed by atoms with Gasteiger partial charge in [-0.05, 0) is 48.5 Å². The molecule has 0 bridgehead atoms. The van der Waals surface area contributed by atoms with Crippen molar-refractivity contribution in [1.29, 1.82) is 0 Å². The Kier molecular flexibility index (Phi) is 4.35. The van der Waals surface area contributed by atoms with Crippen molar-refractivity contribution in [3.8, 4) is 11.4 Å². The van der Waals surface area contributed by atoms with Gasteiger partial charge in [-0.25, -0.2) is 4.98 Å². The van der Waals surface area contributed by atoms with Crippen LogP contribution in [0.2, 0.25) is 0 Å². The number of amides is 1. The second-order valence-corrected chi connectivity index (χ2v) is 5.80. The van der Waals surface area contributed by atoms with Gasteiger partial charge >= 0.3 is 0 Å². The van der Waals surface area contributed by atoms with Crippen LogP contribution in [0.4, 0.5) is 5.69 Å². The molecule has 5 nitrogen and oxygen atoms in total. The maximum Gasteiger partial charge on any atom is 0.262 e. The van der Waals surface area contributed by atoms with Crippen LogP contribution in [-0.2, 0) is 4.79 Å². The van der Waals surface area contributed by atoms with Crippen molar-refractivity contribution >= 4 is 22.6 Å². The number of fused-ring (bicyclic) bond motifs is 1. The predicted octanol–water partition coefficient (Wildman–Crippen LogP) is 4.04. The van der Waals surface area contributed by atoms with Crippen molar-refractivity contribution in [3.05, 3.63) is 85.2 Å². The summed E-state index contributed by atoms with van der Waals surface area (Å²) in [4.78, 5) is 16.4. The third-order valence-electron chi connectivity index (χ3n) is 4.00. The molecule has 1 N–H and O–H groups in total.